The molecule has 1 atom stereocenters. The highest BCUT2D eigenvalue weighted by atomic mass is 32.1. The van der Waals surface area contributed by atoms with Gasteiger partial charge in [-0.05, 0) is 51.0 Å². The highest BCUT2D eigenvalue weighted by Gasteiger charge is 2.46. The molecule has 0 radical (unpaired) electrons. The van der Waals surface area contributed by atoms with Gasteiger partial charge >= 0.3 is 5.97 Å². The fourth-order valence-corrected chi connectivity index (χ4v) is 5.65. The van der Waals surface area contributed by atoms with Crippen molar-refractivity contribution >= 4 is 38.9 Å². The average Bonchev–Trinajstić information content (AvgIpc) is 3.35. The average molecular weight is 423 g/mol. The Morgan fingerprint density at radius 3 is 1.74 bits per heavy atom. The number of hydrogen-bond donors (Lipinski definition) is 1. The van der Waals surface area contributed by atoms with E-state index in [1.54, 1.807) is 0 Å². The van der Waals surface area contributed by atoms with E-state index in [9.17, 15) is 9.90 Å². The number of benzene rings is 4. The first-order valence-corrected chi connectivity index (χ1v) is 11.2. The summed E-state index contributed by atoms with van der Waals surface area (Å²) in [4.78, 5) is 13.8. The molecule has 5 aromatic rings. The Morgan fingerprint density at radius 2 is 1.26 bits per heavy atom. The van der Waals surface area contributed by atoms with Gasteiger partial charge in [-0.3, -0.25) is 4.79 Å². The number of thiophene rings is 1. The SMILES string of the molecule is CC(C(=O)O)(c1cccs1)C(c1cccc2ccccc12)c1cccc2ccccc12. The second-order valence-electron chi connectivity index (χ2n) is 8.05. The van der Waals surface area contributed by atoms with E-state index in [2.05, 4.69) is 48.5 Å². The Balaban J connectivity index is 1.91. The highest BCUT2D eigenvalue weighted by molar-refractivity contribution is 7.10. The van der Waals surface area contributed by atoms with Crippen molar-refractivity contribution in [3.8, 4) is 0 Å². The number of carboxylic acid groups (broad SMARTS) is 1. The zero-order valence-electron chi connectivity index (χ0n) is 17.2. The van der Waals surface area contributed by atoms with Gasteiger partial charge in [0.15, 0.2) is 0 Å². The van der Waals surface area contributed by atoms with Crippen LogP contribution in [0.2, 0.25) is 0 Å². The molecule has 0 aliphatic carbocycles. The molecule has 0 spiro atoms. The summed E-state index contributed by atoms with van der Waals surface area (Å²) in [5.41, 5.74) is 0.947. The van der Waals surface area contributed by atoms with Crippen molar-refractivity contribution in [3.05, 3.63) is 118 Å². The van der Waals surface area contributed by atoms with Crippen LogP contribution in [0.5, 0.6) is 0 Å². The maximum Gasteiger partial charge on any atom is 0.315 e. The van der Waals surface area contributed by atoms with E-state index in [1.807, 2.05) is 60.8 Å². The molecule has 1 heterocycles. The molecule has 31 heavy (non-hydrogen) atoms. The summed E-state index contributed by atoms with van der Waals surface area (Å²) in [7, 11) is 0. The molecule has 4 aromatic carbocycles. The largest absolute Gasteiger partial charge is 0.481 e. The summed E-state index contributed by atoms with van der Waals surface area (Å²) in [6.45, 7) is 1.87. The molecule has 0 aliphatic rings. The van der Waals surface area contributed by atoms with Gasteiger partial charge in [0.2, 0.25) is 0 Å². The quantitative estimate of drug-likeness (QED) is 0.324. The van der Waals surface area contributed by atoms with Crippen LogP contribution in [0.3, 0.4) is 0 Å². The van der Waals surface area contributed by atoms with Gasteiger partial charge in [0, 0.05) is 10.8 Å². The molecular formula is C28H22O2S. The fraction of sp³-hybridized carbons (Fsp3) is 0.107. The van der Waals surface area contributed by atoms with Crippen LogP contribution < -0.4 is 0 Å². The number of fused-ring (bicyclic) bond motifs is 2. The topological polar surface area (TPSA) is 37.3 Å². The molecule has 0 saturated heterocycles. The number of rotatable bonds is 5. The molecule has 5 rings (SSSR count). The summed E-state index contributed by atoms with van der Waals surface area (Å²) >= 11 is 1.51. The molecule has 0 bridgehead atoms. The smallest absolute Gasteiger partial charge is 0.315 e. The van der Waals surface area contributed by atoms with Crippen LogP contribution >= 0.6 is 11.3 Å². The second-order valence-corrected chi connectivity index (χ2v) is 9.00. The first-order chi connectivity index (χ1) is 15.1. The van der Waals surface area contributed by atoms with Gasteiger partial charge in [-0.2, -0.15) is 0 Å². The summed E-state index contributed by atoms with van der Waals surface area (Å²) in [5.74, 6) is -1.18. The van der Waals surface area contributed by atoms with Gasteiger partial charge in [0.05, 0.1) is 0 Å². The van der Waals surface area contributed by atoms with E-state index in [0.29, 0.717) is 0 Å². The van der Waals surface area contributed by atoms with Crippen LogP contribution in [0.25, 0.3) is 21.5 Å². The predicted octanol–water partition coefficient (Wildman–Crippen LogP) is 7.23. The molecule has 152 valence electrons. The molecule has 2 nitrogen and oxygen atoms in total. The lowest BCUT2D eigenvalue weighted by atomic mass is 9.67. The highest BCUT2D eigenvalue weighted by Crippen LogP contribution is 2.48. The lowest BCUT2D eigenvalue weighted by Gasteiger charge is -2.35. The monoisotopic (exact) mass is 422 g/mol. The first kappa shape index (κ1) is 19.5. The van der Waals surface area contributed by atoms with E-state index in [4.69, 9.17) is 0 Å². The molecular weight excluding hydrogens is 400 g/mol. The number of aliphatic carboxylic acids is 1. The maximum absolute atomic E-state index is 13.0. The van der Waals surface area contributed by atoms with Crippen molar-refractivity contribution in [2.75, 3.05) is 0 Å². The van der Waals surface area contributed by atoms with E-state index >= 15 is 0 Å². The minimum atomic E-state index is -1.12. The molecule has 1 N–H and O–H groups in total. The summed E-state index contributed by atoms with van der Waals surface area (Å²) in [5, 5.41) is 17.0. The Morgan fingerprint density at radius 1 is 0.742 bits per heavy atom. The molecule has 0 amide bonds. The van der Waals surface area contributed by atoms with Gasteiger partial charge in [0.25, 0.3) is 0 Å². The van der Waals surface area contributed by atoms with Crippen LogP contribution in [0, 0.1) is 0 Å². The molecule has 0 saturated carbocycles. The minimum Gasteiger partial charge on any atom is -0.481 e. The van der Waals surface area contributed by atoms with Crippen LogP contribution in [0.4, 0.5) is 0 Å². The van der Waals surface area contributed by atoms with Gasteiger partial charge in [-0.1, -0.05) is 91.0 Å². The van der Waals surface area contributed by atoms with Gasteiger partial charge in [-0.25, -0.2) is 0 Å². The molecule has 3 heteroatoms. The van der Waals surface area contributed by atoms with Gasteiger partial charge in [-0.15, -0.1) is 11.3 Å². The standard InChI is InChI=1S/C28H22O2S/c1-28(27(29)30,25-17-8-18-31-25)26(23-15-6-11-19-9-2-4-13-21(19)23)24-16-7-12-20-10-3-5-14-22(20)24/h2-18,26H,1H3,(H,29,30). The molecule has 0 aliphatic heterocycles. The van der Waals surface area contributed by atoms with Crippen LogP contribution in [0.15, 0.2) is 102 Å². The Kier molecular flexibility index (Phi) is 4.84. The van der Waals surface area contributed by atoms with E-state index in [-0.39, 0.29) is 5.92 Å². The van der Waals surface area contributed by atoms with E-state index in [1.165, 1.54) is 11.3 Å². The number of hydrogen-bond acceptors (Lipinski definition) is 2. The number of carbonyl (C=O) groups is 1. The zero-order chi connectivity index (χ0) is 21.4. The third-order valence-corrected chi connectivity index (χ3v) is 7.43. The van der Waals surface area contributed by atoms with Crippen LogP contribution in [-0.4, -0.2) is 11.1 Å². The lowest BCUT2D eigenvalue weighted by molar-refractivity contribution is -0.143. The zero-order valence-corrected chi connectivity index (χ0v) is 18.0. The minimum absolute atomic E-state index is 0.360. The van der Waals surface area contributed by atoms with Gasteiger partial charge < -0.3 is 5.11 Å². The molecule has 0 fully saturated rings. The van der Waals surface area contributed by atoms with Gasteiger partial charge in [0.1, 0.15) is 5.41 Å². The summed E-state index contributed by atoms with van der Waals surface area (Å²) in [6, 6.07) is 32.8. The first-order valence-electron chi connectivity index (χ1n) is 10.3. The number of carboxylic acids is 1. The van der Waals surface area contributed by atoms with Crippen molar-refractivity contribution in [2.24, 2.45) is 0 Å². The lowest BCUT2D eigenvalue weighted by Crippen LogP contribution is -2.39. The predicted molar refractivity (Wildman–Crippen MR) is 129 cm³/mol. The molecule has 1 unspecified atom stereocenters. The van der Waals surface area contributed by atoms with Crippen LogP contribution in [-0.2, 0) is 10.2 Å². The van der Waals surface area contributed by atoms with Crippen LogP contribution in [0.1, 0.15) is 28.8 Å². The molecule has 1 aromatic heterocycles. The fourth-order valence-electron chi connectivity index (χ4n) is 4.74. The normalized spacial score (nSPS) is 13.5. The van der Waals surface area contributed by atoms with Crippen molar-refractivity contribution < 1.29 is 9.90 Å². The third kappa shape index (κ3) is 3.13. The summed E-state index contributed by atoms with van der Waals surface area (Å²) in [6.07, 6.45) is 0. The van der Waals surface area contributed by atoms with E-state index < -0.39 is 11.4 Å². The van der Waals surface area contributed by atoms with E-state index in [0.717, 1.165) is 37.5 Å². The maximum atomic E-state index is 13.0. The Bertz CT molecular complexity index is 1300. The summed E-state index contributed by atoms with van der Waals surface area (Å²) < 4.78 is 0. The second kappa shape index (κ2) is 7.68. The van der Waals surface area contributed by atoms with Crippen molar-refractivity contribution in [3.63, 3.8) is 0 Å². The van der Waals surface area contributed by atoms with Crippen molar-refractivity contribution in [2.45, 2.75) is 18.3 Å². The Hall–Kier alpha value is -3.43. The third-order valence-electron chi connectivity index (χ3n) is 6.32. The Labute approximate surface area is 185 Å². The van der Waals surface area contributed by atoms with Crippen molar-refractivity contribution in [1.29, 1.82) is 0 Å². The van der Waals surface area contributed by atoms with Crippen molar-refractivity contribution in [1.82, 2.24) is 0 Å².